The molecule has 0 bridgehead atoms. The Labute approximate surface area is 299 Å². The molecule has 0 saturated carbocycles. The number of rotatable bonds is 4. The minimum Gasteiger partial charge on any atom is -0.452 e. The fourth-order valence-electron chi connectivity index (χ4n) is 8.26. The molecule has 52 heavy (non-hydrogen) atoms. The standard InChI is InChI=1S/C50H30O2/c1-2-11-31(12-3-1)32-21-23-33(24-22-32)47-38-16-4-6-18-40(38)48(41-19-7-5-17-39(41)47)36-14-10-13-34(29-36)35-25-28-46-44(30-35)43-27-26-42-37-15-8-9-20-45(37)51-49(42)50(43)52-46/h1-30H. The highest BCUT2D eigenvalue weighted by Gasteiger charge is 2.19. The van der Waals surface area contributed by atoms with E-state index >= 15 is 0 Å². The SMILES string of the molecule is c1ccc(-c2ccc(-c3c4ccccc4c(-c4cccc(-c5ccc6oc7c(ccc8c9ccccc9oc87)c6c5)c4)c4ccccc34)cc2)cc1. The van der Waals surface area contributed by atoms with Crippen LogP contribution < -0.4 is 0 Å². The second kappa shape index (κ2) is 11.3. The highest BCUT2D eigenvalue weighted by molar-refractivity contribution is 6.22. The average molecular weight is 663 g/mol. The predicted octanol–water partition coefficient (Wildman–Crippen LogP) is 14.5. The van der Waals surface area contributed by atoms with E-state index in [9.17, 15) is 0 Å². The first-order chi connectivity index (χ1) is 25.8. The molecular formula is C50H30O2. The van der Waals surface area contributed by atoms with Crippen LogP contribution in [0, 0.1) is 0 Å². The van der Waals surface area contributed by atoms with Crippen LogP contribution in [0.1, 0.15) is 0 Å². The molecule has 2 aromatic heterocycles. The summed E-state index contributed by atoms with van der Waals surface area (Å²) in [6, 6.07) is 65.3. The fourth-order valence-corrected chi connectivity index (χ4v) is 8.26. The molecule has 0 fully saturated rings. The van der Waals surface area contributed by atoms with E-state index in [1.807, 2.05) is 18.2 Å². The Balaban J connectivity index is 1.06. The van der Waals surface area contributed by atoms with Crippen LogP contribution in [0.25, 0.3) is 110 Å². The Morgan fingerprint density at radius 3 is 1.35 bits per heavy atom. The maximum absolute atomic E-state index is 6.46. The minimum atomic E-state index is 0.794. The molecule has 2 heterocycles. The van der Waals surface area contributed by atoms with Gasteiger partial charge in [-0.15, -0.1) is 0 Å². The van der Waals surface area contributed by atoms with E-state index in [0.29, 0.717) is 0 Å². The minimum absolute atomic E-state index is 0.794. The molecule has 9 aromatic carbocycles. The lowest BCUT2D eigenvalue weighted by Crippen LogP contribution is -1.91. The van der Waals surface area contributed by atoms with Crippen molar-refractivity contribution < 1.29 is 8.83 Å². The second-order valence-corrected chi connectivity index (χ2v) is 13.6. The molecule has 0 N–H and O–H groups in total. The second-order valence-electron chi connectivity index (χ2n) is 13.6. The Morgan fingerprint density at radius 1 is 0.231 bits per heavy atom. The molecule has 11 aromatic rings. The first kappa shape index (κ1) is 28.9. The first-order valence-electron chi connectivity index (χ1n) is 17.8. The third-order valence-corrected chi connectivity index (χ3v) is 10.7. The van der Waals surface area contributed by atoms with Gasteiger partial charge in [-0.05, 0) is 102 Å². The highest BCUT2D eigenvalue weighted by Crippen LogP contribution is 2.45. The summed E-state index contributed by atoms with van der Waals surface area (Å²) in [5.74, 6) is 0. The number of furan rings is 2. The molecule has 0 aliphatic heterocycles. The van der Waals surface area contributed by atoms with E-state index < -0.39 is 0 Å². The van der Waals surface area contributed by atoms with Gasteiger partial charge in [-0.1, -0.05) is 146 Å². The van der Waals surface area contributed by atoms with Crippen molar-refractivity contribution in [2.24, 2.45) is 0 Å². The smallest absolute Gasteiger partial charge is 0.178 e. The molecule has 0 spiro atoms. The molecule has 0 aliphatic carbocycles. The summed E-state index contributed by atoms with van der Waals surface area (Å²) in [6.07, 6.45) is 0. The van der Waals surface area contributed by atoms with Crippen molar-refractivity contribution in [1.82, 2.24) is 0 Å². The van der Waals surface area contributed by atoms with Gasteiger partial charge in [-0.25, -0.2) is 0 Å². The van der Waals surface area contributed by atoms with Gasteiger partial charge in [0.15, 0.2) is 11.2 Å². The van der Waals surface area contributed by atoms with Crippen LogP contribution >= 0.6 is 0 Å². The van der Waals surface area contributed by atoms with Gasteiger partial charge in [0.1, 0.15) is 11.2 Å². The maximum atomic E-state index is 6.46. The highest BCUT2D eigenvalue weighted by atomic mass is 16.4. The molecule has 11 rings (SSSR count). The van der Waals surface area contributed by atoms with Gasteiger partial charge < -0.3 is 8.83 Å². The monoisotopic (exact) mass is 662 g/mol. The van der Waals surface area contributed by atoms with E-state index in [0.717, 1.165) is 55.0 Å². The fraction of sp³-hybridized carbons (Fsp3) is 0. The predicted molar refractivity (Wildman–Crippen MR) is 218 cm³/mol. The topological polar surface area (TPSA) is 26.3 Å². The van der Waals surface area contributed by atoms with Crippen LogP contribution in [0.4, 0.5) is 0 Å². The lowest BCUT2D eigenvalue weighted by Gasteiger charge is -2.18. The average Bonchev–Trinajstić information content (AvgIpc) is 3.79. The number of para-hydroxylation sites is 1. The number of hydrogen-bond acceptors (Lipinski definition) is 2. The van der Waals surface area contributed by atoms with E-state index in [2.05, 4.69) is 164 Å². The molecule has 0 amide bonds. The van der Waals surface area contributed by atoms with Crippen molar-refractivity contribution in [2.75, 3.05) is 0 Å². The molecule has 0 atom stereocenters. The zero-order valence-electron chi connectivity index (χ0n) is 28.1. The van der Waals surface area contributed by atoms with E-state index in [-0.39, 0.29) is 0 Å². The zero-order valence-corrected chi connectivity index (χ0v) is 28.1. The number of hydrogen-bond donors (Lipinski definition) is 0. The van der Waals surface area contributed by atoms with Crippen molar-refractivity contribution >= 4 is 65.4 Å². The van der Waals surface area contributed by atoms with Crippen molar-refractivity contribution in [3.8, 4) is 44.5 Å². The normalized spacial score (nSPS) is 11.8. The summed E-state index contributed by atoms with van der Waals surface area (Å²) in [7, 11) is 0. The van der Waals surface area contributed by atoms with Gasteiger partial charge in [0.25, 0.3) is 0 Å². The molecule has 2 heteroatoms. The molecule has 0 unspecified atom stereocenters. The maximum Gasteiger partial charge on any atom is 0.178 e. The molecule has 0 aliphatic rings. The van der Waals surface area contributed by atoms with Crippen LogP contribution in [0.5, 0.6) is 0 Å². The Hall–Kier alpha value is -6.90. The Kier molecular flexibility index (Phi) is 6.28. The van der Waals surface area contributed by atoms with E-state index in [4.69, 9.17) is 8.83 Å². The molecule has 242 valence electrons. The van der Waals surface area contributed by atoms with Crippen LogP contribution in [0.3, 0.4) is 0 Å². The van der Waals surface area contributed by atoms with Crippen molar-refractivity contribution in [3.63, 3.8) is 0 Å². The van der Waals surface area contributed by atoms with E-state index in [1.54, 1.807) is 0 Å². The molecule has 0 radical (unpaired) electrons. The Morgan fingerprint density at radius 2 is 0.673 bits per heavy atom. The molecular weight excluding hydrogens is 633 g/mol. The Bertz CT molecular complexity index is 3100. The summed E-state index contributed by atoms with van der Waals surface area (Å²) in [5.41, 5.74) is 13.0. The summed E-state index contributed by atoms with van der Waals surface area (Å²) in [6.45, 7) is 0. The van der Waals surface area contributed by atoms with Crippen molar-refractivity contribution in [2.45, 2.75) is 0 Å². The summed E-state index contributed by atoms with van der Waals surface area (Å²) < 4.78 is 12.8. The van der Waals surface area contributed by atoms with Gasteiger partial charge in [0, 0.05) is 21.5 Å². The third-order valence-electron chi connectivity index (χ3n) is 10.7. The van der Waals surface area contributed by atoms with E-state index in [1.165, 1.54) is 54.9 Å². The van der Waals surface area contributed by atoms with Crippen LogP contribution in [0.15, 0.2) is 191 Å². The largest absolute Gasteiger partial charge is 0.452 e. The van der Waals surface area contributed by atoms with Crippen LogP contribution in [-0.4, -0.2) is 0 Å². The van der Waals surface area contributed by atoms with Gasteiger partial charge in [0.05, 0.1) is 0 Å². The van der Waals surface area contributed by atoms with Crippen LogP contribution in [-0.2, 0) is 0 Å². The summed E-state index contributed by atoms with van der Waals surface area (Å²) >= 11 is 0. The summed E-state index contributed by atoms with van der Waals surface area (Å²) in [5, 5.41) is 9.30. The van der Waals surface area contributed by atoms with Crippen molar-refractivity contribution in [1.29, 1.82) is 0 Å². The van der Waals surface area contributed by atoms with Crippen LogP contribution in [0.2, 0.25) is 0 Å². The van der Waals surface area contributed by atoms with Crippen molar-refractivity contribution in [3.05, 3.63) is 182 Å². The van der Waals surface area contributed by atoms with Gasteiger partial charge in [0.2, 0.25) is 0 Å². The number of benzene rings is 9. The van der Waals surface area contributed by atoms with Gasteiger partial charge >= 0.3 is 0 Å². The van der Waals surface area contributed by atoms with Gasteiger partial charge in [-0.3, -0.25) is 0 Å². The summed E-state index contributed by atoms with van der Waals surface area (Å²) in [4.78, 5) is 0. The molecule has 2 nitrogen and oxygen atoms in total. The lowest BCUT2D eigenvalue weighted by molar-refractivity contribution is 0.633. The zero-order chi connectivity index (χ0) is 34.2. The molecule has 0 saturated heterocycles. The quantitative estimate of drug-likeness (QED) is 0.175. The lowest BCUT2D eigenvalue weighted by atomic mass is 9.85. The third kappa shape index (κ3) is 4.38. The first-order valence-corrected chi connectivity index (χ1v) is 17.8. The number of fused-ring (bicyclic) bond motifs is 9. The van der Waals surface area contributed by atoms with Gasteiger partial charge in [-0.2, -0.15) is 0 Å².